The van der Waals surface area contributed by atoms with Gasteiger partial charge in [0, 0.05) is 25.7 Å². The van der Waals surface area contributed by atoms with Gasteiger partial charge in [0.2, 0.25) is 5.91 Å². The number of carbonyl (C=O) groups excluding carboxylic acids is 1. The van der Waals surface area contributed by atoms with Gasteiger partial charge in [-0.15, -0.1) is 10.2 Å². The second-order valence-corrected chi connectivity index (χ2v) is 5.30. The summed E-state index contributed by atoms with van der Waals surface area (Å²) in [5.41, 5.74) is 6.90. The Kier molecular flexibility index (Phi) is 3.55. The molecule has 0 aromatic carbocycles. The monoisotopic (exact) mass is 286 g/mol. The van der Waals surface area contributed by atoms with Gasteiger partial charge in [0.05, 0.1) is 24.8 Å². The number of hydrogen-bond acceptors (Lipinski definition) is 5. The van der Waals surface area contributed by atoms with Crippen molar-refractivity contribution >= 4 is 11.6 Å². The van der Waals surface area contributed by atoms with E-state index in [9.17, 15) is 4.79 Å². The fraction of sp³-hybridized carbons (Fsp3) is 0.429. The minimum Gasteiger partial charge on any atom is -0.397 e. The number of amides is 1. The third-order valence-electron chi connectivity index (χ3n) is 3.67. The fourth-order valence-corrected chi connectivity index (χ4v) is 2.46. The smallest absolute Gasteiger partial charge is 0.228 e. The molecule has 2 aromatic rings. The quantitative estimate of drug-likeness (QED) is 0.878. The maximum absolute atomic E-state index is 12.2. The minimum absolute atomic E-state index is 0.00242. The number of nitrogens with two attached hydrogens (primary N) is 1. The highest BCUT2D eigenvalue weighted by Crippen LogP contribution is 2.15. The van der Waals surface area contributed by atoms with E-state index in [1.165, 1.54) is 0 Å². The van der Waals surface area contributed by atoms with Crippen LogP contribution < -0.4 is 5.73 Å². The summed E-state index contributed by atoms with van der Waals surface area (Å²) in [7, 11) is 1.77. The zero-order chi connectivity index (χ0) is 14.8. The molecule has 3 rings (SSSR count). The van der Waals surface area contributed by atoms with Crippen LogP contribution in [0.3, 0.4) is 0 Å². The van der Waals surface area contributed by atoms with E-state index in [0.29, 0.717) is 17.9 Å². The van der Waals surface area contributed by atoms with Gasteiger partial charge in [-0.25, -0.2) is 0 Å². The van der Waals surface area contributed by atoms with Crippen molar-refractivity contribution in [3.8, 4) is 0 Å². The summed E-state index contributed by atoms with van der Waals surface area (Å²) in [6, 6.07) is 3.52. The zero-order valence-electron chi connectivity index (χ0n) is 12.0. The molecule has 0 spiro atoms. The van der Waals surface area contributed by atoms with Gasteiger partial charge < -0.3 is 15.2 Å². The van der Waals surface area contributed by atoms with Gasteiger partial charge in [-0.2, -0.15) is 0 Å². The molecule has 0 unspecified atom stereocenters. The summed E-state index contributed by atoms with van der Waals surface area (Å²) in [5, 5.41) is 8.32. The van der Waals surface area contributed by atoms with E-state index in [-0.39, 0.29) is 12.3 Å². The number of anilines is 1. The highest BCUT2D eigenvalue weighted by Gasteiger charge is 2.20. The second-order valence-electron chi connectivity index (χ2n) is 5.30. The lowest BCUT2D eigenvalue weighted by atomic mass is 10.2. The summed E-state index contributed by atoms with van der Waals surface area (Å²) >= 11 is 0. The van der Waals surface area contributed by atoms with Crippen LogP contribution in [-0.4, -0.2) is 37.6 Å². The van der Waals surface area contributed by atoms with Gasteiger partial charge in [-0.05, 0) is 18.6 Å². The Labute approximate surface area is 122 Å². The second kappa shape index (κ2) is 5.51. The Morgan fingerprint density at radius 2 is 2.29 bits per heavy atom. The SMILES string of the molecule is CN(Cc1nnc2n1CCC2)C(=O)Cc1ccc(N)cn1. The summed E-state index contributed by atoms with van der Waals surface area (Å²) in [6.45, 7) is 1.42. The van der Waals surface area contributed by atoms with Gasteiger partial charge in [0.15, 0.2) is 5.82 Å². The molecule has 0 atom stereocenters. The van der Waals surface area contributed by atoms with Gasteiger partial charge in [-0.1, -0.05) is 0 Å². The van der Waals surface area contributed by atoms with Crippen molar-refractivity contribution in [1.29, 1.82) is 0 Å². The summed E-state index contributed by atoms with van der Waals surface area (Å²) in [6.07, 6.45) is 3.90. The Morgan fingerprint density at radius 3 is 3.05 bits per heavy atom. The van der Waals surface area contributed by atoms with E-state index in [1.54, 1.807) is 30.3 Å². The molecule has 1 aliphatic heterocycles. The van der Waals surface area contributed by atoms with Gasteiger partial charge >= 0.3 is 0 Å². The molecule has 1 aliphatic rings. The van der Waals surface area contributed by atoms with Crippen LogP contribution in [0.5, 0.6) is 0 Å². The Morgan fingerprint density at radius 1 is 1.43 bits per heavy atom. The normalized spacial score (nSPS) is 13.2. The van der Waals surface area contributed by atoms with Gasteiger partial charge in [0.1, 0.15) is 5.82 Å². The molecule has 0 saturated heterocycles. The van der Waals surface area contributed by atoms with Crippen LogP contribution in [0.1, 0.15) is 23.8 Å². The summed E-state index contributed by atoms with van der Waals surface area (Å²) in [4.78, 5) is 18.0. The van der Waals surface area contributed by atoms with E-state index < -0.39 is 0 Å². The number of likely N-dealkylation sites (N-methyl/N-ethyl adjacent to an activating group) is 1. The third-order valence-corrected chi connectivity index (χ3v) is 3.67. The third kappa shape index (κ3) is 2.86. The maximum Gasteiger partial charge on any atom is 0.228 e. The van der Waals surface area contributed by atoms with E-state index >= 15 is 0 Å². The molecule has 1 amide bonds. The highest BCUT2D eigenvalue weighted by molar-refractivity contribution is 5.78. The Bertz CT molecular complexity index is 648. The first kappa shape index (κ1) is 13.5. The Hall–Kier alpha value is -2.44. The topological polar surface area (TPSA) is 89.9 Å². The van der Waals surface area contributed by atoms with Crippen LogP contribution in [0.2, 0.25) is 0 Å². The first-order valence-electron chi connectivity index (χ1n) is 6.99. The number of nitrogen functional groups attached to an aromatic ring is 1. The summed E-state index contributed by atoms with van der Waals surface area (Å²) < 4.78 is 2.10. The van der Waals surface area contributed by atoms with Crippen LogP contribution in [0.4, 0.5) is 5.69 Å². The lowest BCUT2D eigenvalue weighted by molar-refractivity contribution is -0.129. The molecule has 21 heavy (non-hydrogen) atoms. The van der Waals surface area contributed by atoms with Crippen LogP contribution in [0, 0.1) is 0 Å². The lowest BCUT2D eigenvalue weighted by Gasteiger charge is -2.16. The molecule has 3 heterocycles. The zero-order valence-corrected chi connectivity index (χ0v) is 12.0. The van der Waals surface area contributed by atoms with Crippen molar-refractivity contribution in [2.75, 3.05) is 12.8 Å². The minimum atomic E-state index is 0.00242. The number of carbonyl (C=O) groups is 1. The number of fused-ring (bicyclic) bond motifs is 1. The van der Waals surface area contributed by atoms with Gasteiger partial charge in [0.25, 0.3) is 0 Å². The molecular weight excluding hydrogens is 268 g/mol. The predicted octanol–water partition coefficient (Wildman–Crippen LogP) is 0.403. The van der Waals surface area contributed by atoms with Crippen molar-refractivity contribution in [2.24, 2.45) is 0 Å². The van der Waals surface area contributed by atoms with Crippen LogP contribution >= 0.6 is 0 Å². The van der Waals surface area contributed by atoms with Crippen LogP contribution in [-0.2, 0) is 30.7 Å². The lowest BCUT2D eigenvalue weighted by Crippen LogP contribution is -2.29. The number of nitrogens with zero attached hydrogens (tertiary/aromatic N) is 5. The number of aryl methyl sites for hydroxylation is 1. The van der Waals surface area contributed by atoms with Crippen LogP contribution in [0.25, 0.3) is 0 Å². The largest absolute Gasteiger partial charge is 0.397 e. The maximum atomic E-state index is 12.2. The van der Waals surface area contributed by atoms with E-state index in [2.05, 4.69) is 19.7 Å². The average molecular weight is 286 g/mol. The molecule has 0 radical (unpaired) electrons. The van der Waals surface area contributed by atoms with E-state index in [0.717, 1.165) is 31.0 Å². The summed E-state index contributed by atoms with van der Waals surface area (Å²) in [5.74, 6) is 1.87. The highest BCUT2D eigenvalue weighted by atomic mass is 16.2. The molecule has 2 N–H and O–H groups in total. The standard InChI is InChI=1S/C14H18N6O/c1-19(9-13-18-17-12-3-2-6-20(12)13)14(21)7-11-5-4-10(15)8-16-11/h4-5,8H,2-3,6-7,9,15H2,1H3. The first-order valence-corrected chi connectivity index (χ1v) is 6.99. The number of rotatable bonds is 4. The van der Waals surface area contributed by atoms with Gasteiger partial charge in [-0.3, -0.25) is 9.78 Å². The molecule has 0 fully saturated rings. The first-order chi connectivity index (χ1) is 10.1. The molecular formula is C14H18N6O. The van der Waals surface area contributed by atoms with Crippen molar-refractivity contribution < 1.29 is 4.79 Å². The van der Waals surface area contributed by atoms with E-state index in [1.807, 2.05) is 0 Å². The molecule has 110 valence electrons. The molecule has 0 aliphatic carbocycles. The predicted molar refractivity (Wildman–Crippen MR) is 77.2 cm³/mol. The molecule has 2 aromatic heterocycles. The number of aromatic nitrogens is 4. The van der Waals surface area contributed by atoms with Crippen molar-refractivity contribution in [3.63, 3.8) is 0 Å². The number of hydrogen-bond donors (Lipinski definition) is 1. The Balaban J connectivity index is 1.63. The van der Waals surface area contributed by atoms with Crippen molar-refractivity contribution in [3.05, 3.63) is 35.7 Å². The molecule has 0 saturated carbocycles. The van der Waals surface area contributed by atoms with Crippen molar-refractivity contribution in [2.45, 2.75) is 32.4 Å². The molecule has 7 nitrogen and oxygen atoms in total. The van der Waals surface area contributed by atoms with E-state index in [4.69, 9.17) is 5.73 Å². The van der Waals surface area contributed by atoms with Crippen LogP contribution in [0.15, 0.2) is 18.3 Å². The average Bonchev–Trinajstić information content (AvgIpc) is 3.06. The molecule has 0 bridgehead atoms. The van der Waals surface area contributed by atoms with Crippen molar-refractivity contribution in [1.82, 2.24) is 24.6 Å². The fourth-order valence-electron chi connectivity index (χ4n) is 2.46. The molecule has 7 heteroatoms. The number of pyridine rings is 1.